The Balaban J connectivity index is 1.37. The summed E-state index contributed by atoms with van der Waals surface area (Å²) in [6.45, 7) is 2.81. The molecule has 0 fully saturated rings. The van der Waals surface area contributed by atoms with Crippen LogP contribution in [0.25, 0.3) is 0 Å². The minimum Gasteiger partial charge on any atom is -0.355 e. The number of rotatable bonds is 8. The molecule has 154 valence electrons. The molecule has 3 heterocycles. The standard InChI is InChI=1S/C20H28N8O/c29-19(23-7-8-24-20-25-9-10-26-20)17(11-15-12-21-13-27-15)28-16-5-1-3-14-4-2-6-22-18(14)16/h2,4,6,12-13,16-17,28H,1,3,5,7-11H2,(H,21,27)(H,23,29)(H2,24,25,26). The van der Waals surface area contributed by atoms with Crippen molar-refractivity contribution in [2.75, 3.05) is 26.2 Å². The van der Waals surface area contributed by atoms with Crippen LogP contribution in [0.4, 0.5) is 0 Å². The Hall–Kier alpha value is -2.94. The third-order valence-electron chi connectivity index (χ3n) is 5.28. The maximum Gasteiger partial charge on any atom is 0.237 e. The summed E-state index contributed by atoms with van der Waals surface area (Å²) in [5.74, 6) is 0.780. The fourth-order valence-corrected chi connectivity index (χ4v) is 3.86. The highest BCUT2D eigenvalue weighted by Gasteiger charge is 2.27. The molecule has 1 amide bonds. The number of imidazole rings is 1. The van der Waals surface area contributed by atoms with Crippen LogP contribution in [0.15, 0.2) is 35.8 Å². The van der Waals surface area contributed by atoms with E-state index in [2.05, 4.69) is 47.3 Å². The highest BCUT2D eigenvalue weighted by molar-refractivity contribution is 5.83. The van der Waals surface area contributed by atoms with Gasteiger partial charge in [0.2, 0.25) is 5.91 Å². The van der Waals surface area contributed by atoms with E-state index in [1.165, 1.54) is 5.56 Å². The smallest absolute Gasteiger partial charge is 0.237 e. The van der Waals surface area contributed by atoms with Gasteiger partial charge >= 0.3 is 0 Å². The molecule has 9 heteroatoms. The summed E-state index contributed by atoms with van der Waals surface area (Å²) in [6.07, 6.45) is 8.89. The lowest BCUT2D eigenvalue weighted by Crippen LogP contribution is -2.49. The predicted octanol–water partition coefficient (Wildman–Crippen LogP) is 0.0480. The number of carbonyl (C=O) groups excluding carboxylic acids is 1. The van der Waals surface area contributed by atoms with Crippen molar-refractivity contribution in [3.05, 3.63) is 47.8 Å². The summed E-state index contributed by atoms with van der Waals surface area (Å²) in [5.41, 5.74) is 3.26. The molecule has 2 unspecified atom stereocenters. The van der Waals surface area contributed by atoms with Crippen LogP contribution in [-0.2, 0) is 17.6 Å². The van der Waals surface area contributed by atoms with Gasteiger partial charge in [-0.15, -0.1) is 0 Å². The maximum absolute atomic E-state index is 12.9. The number of nitrogens with one attached hydrogen (secondary N) is 5. The Morgan fingerprint density at radius 1 is 1.34 bits per heavy atom. The number of fused-ring (bicyclic) bond motifs is 1. The Labute approximate surface area is 170 Å². The number of nitrogens with zero attached hydrogens (tertiary/aromatic N) is 3. The van der Waals surface area contributed by atoms with E-state index in [1.807, 2.05) is 12.3 Å². The van der Waals surface area contributed by atoms with E-state index < -0.39 is 0 Å². The third kappa shape index (κ3) is 5.11. The van der Waals surface area contributed by atoms with Crippen molar-refractivity contribution >= 4 is 11.9 Å². The van der Waals surface area contributed by atoms with Crippen LogP contribution in [0.2, 0.25) is 0 Å². The maximum atomic E-state index is 12.9. The van der Waals surface area contributed by atoms with Crippen molar-refractivity contribution < 1.29 is 4.79 Å². The first kappa shape index (κ1) is 19.4. The number of aromatic amines is 1. The Morgan fingerprint density at radius 2 is 2.31 bits per heavy atom. The number of aromatic nitrogens is 3. The molecule has 1 aliphatic heterocycles. The molecule has 1 aliphatic carbocycles. The van der Waals surface area contributed by atoms with Crippen LogP contribution in [-0.4, -0.2) is 59.0 Å². The summed E-state index contributed by atoms with van der Waals surface area (Å²) >= 11 is 0. The molecule has 29 heavy (non-hydrogen) atoms. The number of hydrogen-bond acceptors (Lipinski definition) is 7. The van der Waals surface area contributed by atoms with Crippen LogP contribution in [0.5, 0.6) is 0 Å². The molecule has 2 aromatic rings. The molecule has 5 N–H and O–H groups in total. The fraction of sp³-hybridized carbons (Fsp3) is 0.500. The first-order chi connectivity index (χ1) is 14.3. The summed E-state index contributed by atoms with van der Waals surface area (Å²) in [5, 5.41) is 12.9. The Bertz CT molecular complexity index is 835. The van der Waals surface area contributed by atoms with Gasteiger partial charge in [0, 0.05) is 44.1 Å². The zero-order valence-electron chi connectivity index (χ0n) is 16.4. The van der Waals surface area contributed by atoms with E-state index >= 15 is 0 Å². The lowest BCUT2D eigenvalue weighted by atomic mass is 9.91. The second-order valence-electron chi connectivity index (χ2n) is 7.37. The predicted molar refractivity (Wildman–Crippen MR) is 110 cm³/mol. The van der Waals surface area contributed by atoms with E-state index in [9.17, 15) is 4.79 Å². The van der Waals surface area contributed by atoms with E-state index in [1.54, 1.807) is 12.5 Å². The van der Waals surface area contributed by atoms with Crippen molar-refractivity contribution in [1.29, 1.82) is 0 Å². The van der Waals surface area contributed by atoms with Crippen molar-refractivity contribution in [3.63, 3.8) is 0 Å². The summed E-state index contributed by atoms with van der Waals surface area (Å²) in [6, 6.07) is 3.82. The van der Waals surface area contributed by atoms with Gasteiger partial charge in [0.25, 0.3) is 0 Å². The number of pyridine rings is 1. The first-order valence-electron chi connectivity index (χ1n) is 10.3. The largest absolute Gasteiger partial charge is 0.355 e. The molecular weight excluding hydrogens is 368 g/mol. The molecule has 2 aliphatic rings. The first-order valence-corrected chi connectivity index (χ1v) is 10.3. The van der Waals surface area contributed by atoms with Gasteiger partial charge in [-0.1, -0.05) is 6.07 Å². The molecular formula is C20H28N8O. The van der Waals surface area contributed by atoms with Gasteiger partial charge in [0.1, 0.15) is 0 Å². The van der Waals surface area contributed by atoms with Crippen molar-refractivity contribution in [1.82, 2.24) is 36.2 Å². The highest BCUT2D eigenvalue weighted by atomic mass is 16.2. The van der Waals surface area contributed by atoms with E-state index in [4.69, 9.17) is 0 Å². The van der Waals surface area contributed by atoms with Crippen LogP contribution < -0.4 is 21.3 Å². The molecule has 0 spiro atoms. The molecule has 4 rings (SSSR count). The van der Waals surface area contributed by atoms with Crippen LogP contribution in [0, 0.1) is 0 Å². The number of aliphatic imine (C=N–C) groups is 1. The number of carbonyl (C=O) groups is 1. The molecule has 2 aromatic heterocycles. The second kappa shape index (κ2) is 9.51. The molecule has 0 saturated carbocycles. The SMILES string of the molecule is O=C(NCCNC1=NCCN1)C(Cc1cnc[nH]1)NC1CCCc2cccnc21. The van der Waals surface area contributed by atoms with Gasteiger partial charge in [-0.05, 0) is 30.9 Å². The Morgan fingerprint density at radius 3 is 3.14 bits per heavy atom. The lowest BCUT2D eigenvalue weighted by Gasteiger charge is -2.29. The van der Waals surface area contributed by atoms with E-state index in [0.717, 1.165) is 49.7 Å². The number of aryl methyl sites for hydroxylation is 1. The molecule has 0 saturated heterocycles. The second-order valence-corrected chi connectivity index (χ2v) is 7.37. The minimum absolute atomic E-state index is 0.0224. The van der Waals surface area contributed by atoms with E-state index in [0.29, 0.717) is 19.5 Å². The highest BCUT2D eigenvalue weighted by Crippen LogP contribution is 2.28. The number of amides is 1. The normalized spacial score (nSPS) is 19.0. The Kier molecular flexibility index (Phi) is 6.35. The summed E-state index contributed by atoms with van der Waals surface area (Å²) in [7, 11) is 0. The fourth-order valence-electron chi connectivity index (χ4n) is 3.86. The van der Waals surface area contributed by atoms with Gasteiger partial charge in [-0.3, -0.25) is 20.1 Å². The summed E-state index contributed by atoms with van der Waals surface area (Å²) < 4.78 is 0. The van der Waals surface area contributed by atoms with Gasteiger partial charge in [-0.25, -0.2) is 4.98 Å². The van der Waals surface area contributed by atoms with Gasteiger partial charge in [-0.2, -0.15) is 0 Å². The molecule has 0 radical (unpaired) electrons. The van der Waals surface area contributed by atoms with Gasteiger partial charge in [0.15, 0.2) is 5.96 Å². The topological polar surface area (TPSA) is 119 Å². The number of hydrogen-bond donors (Lipinski definition) is 5. The van der Waals surface area contributed by atoms with Crippen molar-refractivity contribution in [2.45, 2.75) is 37.8 Å². The zero-order chi connectivity index (χ0) is 19.9. The van der Waals surface area contributed by atoms with Gasteiger partial charge in [0.05, 0.1) is 30.6 Å². The van der Waals surface area contributed by atoms with E-state index in [-0.39, 0.29) is 18.0 Å². The zero-order valence-corrected chi connectivity index (χ0v) is 16.4. The average Bonchev–Trinajstić information content (AvgIpc) is 3.45. The quantitative estimate of drug-likeness (QED) is 0.402. The summed E-state index contributed by atoms with van der Waals surface area (Å²) in [4.78, 5) is 29.0. The molecule has 0 bridgehead atoms. The number of guanidine groups is 1. The van der Waals surface area contributed by atoms with Gasteiger partial charge < -0.3 is 20.9 Å². The molecule has 2 atom stereocenters. The average molecular weight is 396 g/mol. The minimum atomic E-state index is -0.365. The monoisotopic (exact) mass is 396 g/mol. The van der Waals surface area contributed by atoms with Crippen molar-refractivity contribution in [2.24, 2.45) is 4.99 Å². The molecule has 0 aromatic carbocycles. The number of H-pyrrole nitrogens is 1. The van der Waals surface area contributed by atoms with Crippen LogP contribution >= 0.6 is 0 Å². The van der Waals surface area contributed by atoms with Crippen LogP contribution in [0.3, 0.4) is 0 Å². The lowest BCUT2D eigenvalue weighted by molar-refractivity contribution is -0.123. The molecule has 9 nitrogen and oxygen atoms in total. The third-order valence-corrected chi connectivity index (χ3v) is 5.28. The van der Waals surface area contributed by atoms with Crippen molar-refractivity contribution in [3.8, 4) is 0 Å². The van der Waals surface area contributed by atoms with Crippen LogP contribution in [0.1, 0.15) is 35.8 Å².